The molecule has 3 amide bonds. The second-order valence-electron chi connectivity index (χ2n) is 5.55. The number of carbonyl (C=O) groups excluding carboxylic acids is 2. The third-order valence-electron chi connectivity index (χ3n) is 3.60. The summed E-state index contributed by atoms with van der Waals surface area (Å²) >= 11 is 7.20. The maximum atomic E-state index is 12.0. The number of anilines is 1. The number of hydrogen-bond donors (Lipinski definition) is 4. The van der Waals surface area contributed by atoms with Crippen LogP contribution in [0.3, 0.4) is 0 Å². The molecule has 3 rings (SSSR count). The van der Waals surface area contributed by atoms with Crippen LogP contribution in [0.15, 0.2) is 53.4 Å². The van der Waals surface area contributed by atoms with E-state index in [9.17, 15) is 9.59 Å². The van der Waals surface area contributed by atoms with Crippen molar-refractivity contribution >= 4 is 51.9 Å². The van der Waals surface area contributed by atoms with E-state index in [-0.39, 0.29) is 11.7 Å². The molecule has 4 N–H and O–H groups in total. The summed E-state index contributed by atoms with van der Waals surface area (Å²) in [6.07, 6.45) is 0. The summed E-state index contributed by atoms with van der Waals surface area (Å²) < 4.78 is 0. The van der Waals surface area contributed by atoms with E-state index in [1.807, 2.05) is 31.2 Å². The molecule has 0 aliphatic heterocycles. The first kappa shape index (κ1) is 18.2. The summed E-state index contributed by atoms with van der Waals surface area (Å²) in [7, 11) is 0. The maximum absolute atomic E-state index is 12.0. The number of rotatable bonds is 4. The first-order chi connectivity index (χ1) is 12.5. The number of aryl methyl sites for hydroxylation is 1. The van der Waals surface area contributed by atoms with Crippen LogP contribution in [-0.4, -0.2) is 22.7 Å². The number of thioether (sulfide) groups is 1. The normalized spacial score (nSPS) is 10.5. The molecule has 0 bridgehead atoms. The van der Waals surface area contributed by atoms with E-state index in [0.29, 0.717) is 10.7 Å². The van der Waals surface area contributed by atoms with Gasteiger partial charge in [-0.1, -0.05) is 29.8 Å². The van der Waals surface area contributed by atoms with Crippen LogP contribution in [0.5, 0.6) is 0 Å². The van der Waals surface area contributed by atoms with Crippen LogP contribution < -0.4 is 16.2 Å². The fourth-order valence-electron chi connectivity index (χ4n) is 2.43. The van der Waals surface area contributed by atoms with Crippen LogP contribution in [0, 0.1) is 6.92 Å². The monoisotopic (exact) mass is 388 g/mol. The van der Waals surface area contributed by atoms with Gasteiger partial charge in [-0.15, -0.1) is 11.8 Å². The quantitative estimate of drug-likeness (QED) is 0.401. The molecule has 1 heterocycles. The van der Waals surface area contributed by atoms with Crippen molar-refractivity contribution in [2.75, 3.05) is 11.1 Å². The maximum Gasteiger partial charge on any atom is 0.337 e. The Morgan fingerprint density at radius 1 is 1.08 bits per heavy atom. The van der Waals surface area contributed by atoms with Crippen molar-refractivity contribution in [2.45, 2.75) is 11.8 Å². The lowest BCUT2D eigenvalue weighted by molar-refractivity contribution is -0.119. The van der Waals surface area contributed by atoms with Crippen LogP contribution >= 0.6 is 23.4 Å². The summed E-state index contributed by atoms with van der Waals surface area (Å²) in [6.45, 7) is 1.97. The molecule has 0 saturated carbocycles. The molecule has 0 atom stereocenters. The van der Waals surface area contributed by atoms with Crippen molar-refractivity contribution in [3.63, 3.8) is 0 Å². The molecular weight excluding hydrogens is 372 g/mol. The number of urea groups is 1. The van der Waals surface area contributed by atoms with E-state index in [1.165, 1.54) is 11.8 Å². The molecule has 26 heavy (non-hydrogen) atoms. The van der Waals surface area contributed by atoms with Gasteiger partial charge in [0.2, 0.25) is 5.91 Å². The zero-order chi connectivity index (χ0) is 18.5. The lowest BCUT2D eigenvalue weighted by Crippen LogP contribution is -2.44. The van der Waals surface area contributed by atoms with Gasteiger partial charge in [0.25, 0.3) is 0 Å². The first-order valence-corrected chi connectivity index (χ1v) is 9.21. The van der Waals surface area contributed by atoms with Crippen molar-refractivity contribution in [1.29, 1.82) is 0 Å². The molecule has 0 aliphatic carbocycles. The van der Waals surface area contributed by atoms with E-state index in [0.717, 1.165) is 21.5 Å². The average Bonchev–Trinajstić information content (AvgIpc) is 2.95. The summed E-state index contributed by atoms with van der Waals surface area (Å²) in [5.74, 6) is -0.116. The van der Waals surface area contributed by atoms with Crippen molar-refractivity contribution in [3.8, 4) is 0 Å². The Morgan fingerprint density at radius 2 is 1.81 bits per heavy atom. The lowest BCUT2D eigenvalue weighted by Gasteiger charge is -2.09. The standard InChI is InChI=1S/C18H17ClN4O2S/c1-11-17(14-4-2-3-5-15(14)20-11)26-10-16(24)22-23-18(25)21-13-8-6-12(19)7-9-13/h2-9,20H,10H2,1H3,(H,22,24)(H2,21,23,25). The third-order valence-corrected chi connectivity index (χ3v) is 5.07. The molecule has 0 saturated heterocycles. The van der Waals surface area contributed by atoms with Crippen molar-refractivity contribution in [1.82, 2.24) is 15.8 Å². The second-order valence-corrected chi connectivity index (χ2v) is 6.97. The van der Waals surface area contributed by atoms with Crippen molar-refractivity contribution in [2.24, 2.45) is 0 Å². The highest BCUT2D eigenvalue weighted by molar-refractivity contribution is 8.00. The van der Waals surface area contributed by atoms with Crippen LogP contribution in [0.2, 0.25) is 5.02 Å². The van der Waals surface area contributed by atoms with Gasteiger partial charge in [0.1, 0.15) is 0 Å². The van der Waals surface area contributed by atoms with Gasteiger partial charge in [0.15, 0.2) is 0 Å². The van der Waals surface area contributed by atoms with Crippen LogP contribution in [0.4, 0.5) is 10.5 Å². The van der Waals surface area contributed by atoms with E-state index in [1.54, 1.807) is 24.3 Å². The highest BCUT2D eigenvalue weighted by Crippen LogP contribution is 2.30. The summed E-state index contributed by atoms with van der Waals surface area (Å²) in [5.41, 5.74) is 7.33. The Kier molecular flexibility index (Phi) is 5.70. The minimum absolute atomic E-state index is 0.184. The Balaban J connectivity index is 1.48. The number of hydrogen-bond acceptors (Lipinski definition) is 3. The van der Waals surface area contributed by atoms with Crippen LogP contribution in [0.1, 0.15) is 5.69 Å². The van der Waals surface area contributed by atoms with E-state index < -0.39 is 6.03 Å². The van der Waals surface area contributed by atoms with Gasteiger partial charge in [0.05, 0.1) is 5.75 Å². The predicted molar refractivity (Wildman–Crippen MR) is 106 cm³/mol. The number of nitrogens with one attached hydrogen (secondary N) is 4. The largest absolute Gasteiger partial charge is 0.358 e. The molecule has 0 fully saturated rings. The average molecular weight is 389 g/mol. The van der Waals surface area contributed by atoms with Crippen molar-refractivity contribution in [3.05, 3.63) is 59.2 Å². The number of fused-ring (bicyclic) bond motifs is 1. The SMILES string of the molecule is Cc1[nH]c2ccccc2c1SCC(=O)NNC(=O)Nc1ccc(Cl)cc1. The number of benzene rings is 2. The van der Waals surface area contributed by atoms with E-state index >= 15 is 0 Å². The van der Waals surface area contributed by atoms with Crippen LogP contribution in [-0.2, 0) is 4.79 Å². The van der Waals surface area contributed by atoms with Gasteiger partial charge in [-0.3, -0.25) is 10.2 Å². The Labute approximate surface area is 159 Å². The van der Waals surface area contributed by atoms with Gasteiger partial charge >= 0.3 is 6.03 Å². The fourth-order valence-corrected chi connectivity index (χ4v) is 3.51. The topological polar surface area (TPSA) is 86.0 Å². The number of para-hydroxylation sites is 1. The fraction of sp³-hybridized carbons (Fsp3) is 0.111. The number of carbonyl (C=O) groups is 2. The van der Waals surface area contributed by atoms with Crippen molar-refractivity contribution < 1.29 is 9.59 Å². The minimum Gasteiger partial charge on any atom is -0.358 e. The number of aromatic nitrogens is 1. The number of aromatic amines is 1. The predicted octanol–water partition coefficient (Wildman–Crippen LogP) is 4.07. The minimum atomic E-state index is -0.533. The second kappa shape index (κ2) is 8.16. The third kappa shape index (κ3) is 4.50. The van der Waals surface area contributed by atoms with E-state index in [4.69, 9.17) is 11.6 Å². The lowest BCUT2D eigenvalue weighted by atomic mass is 10.2. The smallest absolute Gasteiger partial charge is 0.337 e. The molecule has 0 aliphatic rings. The molecule has 0 spiro atoms. The Hall–Kier alpha value is -2.64. The first-order valence-electron chi connectivity index (χ1n) is 7.84. The number of hydrazine groups is 1. The number of H-pyrrole nitrogens is 1. The molecule has 6 nitrogen and oxygen atoms in total. The molecule has 0 radical (unpaired) electrons. The number of amides is 3. The molecular formula is C18H17ClN4O2S. The van der Waals surface area contributed by atoms with Crippen LogP contribution in [0.25, 0.3) is 10.9 Å². The number of halogens is 1. The Bertz CT molecular complexity index is 940. The molecule has 2 aromatic carbocycles. The zero-order valence-corrected chi connectivity index (χ0v) is 15.5. The molecule has 8 heteroatoms. The van der Waals surface area contributed by atoms with Gasteiger partial charge in [0, 0.05) is 32.2 Å². The van der Waals surface area contributed by atoms with Gasteiger partial charge in [-0.25, -0.2) is 10.2 Å². The van der Waals surface area contributed by atoms with Gasteiger partial charge < -0.3 is 10.3 Å². The summed E-state index contributed by atoms with van der Waals surface area (Å²) in [5, 5.41) is 4.25. The van der Waals surface area contributed by atoms with Gasteiger partial charge in [-0.2, -0.15) is 0 Å². The Morgan fingerprint density at radius 3 is 2.58 bits per heavy atom. The molecule has 134 valence electrons. The summed E-state index contributed by atoms with van der Waals surface area (Å²) in [4.78, 5) is 28.1. The zero-order valence-electron chi connectivity index (χ0n) is 13.9. The summed E-state index contributed by atoms with van der Waals surface area (Å²) in [6, 6.07) is 14.1. The molecule has 3 aromatic rings. The highest BCUT2D eigenvalue weighted by Gasteiger charge is 2.11. The molecule has 1 aromatic heterocycles. The highest BCUT2D eigenvalue weighted by atomic mass is 35.5. The van der Waals surface area contributed by atoms with E-state index in [2.05, 4.69) is 21.2 Å². The van der Waals surface area contributed by atoms with Gasteiger partial charge in [-0.05, 0) is 37.3 Å². The molecule has 0 unspecified atom stereocenters.